The lowest BCUT2D eigenvalue weighted by atomic mass is 9.83. The van der Waals surface area contributed by atoms with Crippen LogP contribution in [0, 0.1) is 0 Å². The van der Waals surface area contributed by atoms with Crippen molar-refractivity contribution in [3.8, 4) is 44.5 Å². The summed E-state index contributed by atoms with van der Waals surface area (Å²) in [6.07, 6.45) is 0. The average molecular weight is 673 g/mol. The molecule has 0 bridgehead atoms. The first-order chi connectivity index (χ1) is 26.3. The first-order valence-corrected chi connectivity index (χ1v) is 18.3. The smallest absolute Gasteiger partial charge is 0.143 e. The summed E-state index contributed by atoms with van der Waals surface area (Å²) in [6.45, 7) is 0. The lowest BCUT2D eigenvalue weighted by molar-refractivity contribution is 0.670. The summed E-state index contributed by atoms with van der Waals surface area (Å²) in [5.74, 6) is 0. The van der Waals surface area contributed by atoms with E-state index in [-0.39, 0.29) is 0 Å². The van der Waals surface area contributed by atoms with Gasteiger partial charge in [0.15, 0.2) is 0 Å². The van der Waals surface area contributed by atoms with Crippen LogP contribution in [0.5, 0.6) is 0 Å². The molecule has 0 aliphatic rings. The number of fused-ring (bicyclic) bond motifs is 8. The fourth-order valence-electron chi connectivity index (χ4n) is 8.74. The summed E-state index contributed by atoms with van der Waals surface area (Å²) in [4.78, 5) is 0. The largest absolute Gasteiger partial charge is 0.455 e. The third-order valence-corrected chi connectivity index (χ3v) is 11.0. The molecule has 53 heavy (non-hydrogen) atoms. The van der Waals surface area contributed by atoms with Gasteiger partial charge in [-0.2, -0.15) is 0 Å². The van der Waals surface area contributed by atoms with E-state index in [1.807, 2.05) is 0 Å². The van der Waals surface area contributed by atoms with Crippen LogP contribution in [0.15, 0.2) is 199 Å². The Hall–Kier alpha value is -6.96. The second-order valence-electron chi connectivity index (χ2n) is 13.9. The summed E-state index contributed by atoms with van der Waals surface area (Å²) in [5, 5.41) is 12.1. The van der Waals surface area contributed by atoms with E-state index in [0.29, 0.717) is 0 Å². The zero-order valence-electron chi connectivity index (χ0n) is 28.9. The molecule has 11 rings (SSSR count). The summed E-state index contributed by atoms with van der Waals surface area (Å²) in [5.41, 5.74) is 11.4. The van der Waals surface area contributed by atoms with Crippen LogP contribution in [-0.4, -0.2) is 0 Å². The minimum Gasteiger partial charge on any atom is -0.455 e. The van der Waals surface area contributed by atoms with Crippen molar-refractivity contribution in [3.05, 3.63) is 194 Å². The molecular weight excluding hydrogens is 641 g/mol. The third-order valence-electron chi connectivity index (χ3n) is 11.0. The first-order valence-electron chi connectivity index (χ1n) is 18.3. The molecule has 0 atom stereocenters. The fourth-order valence-corrected chi connectivity index (χ4v) is 8.74. The highest BCUT2D eigenvalue weighted by Gasteiger charge is 2.22. The predicted octanol–water partition coefficient (Wildman–Crippen LogP) is 14.9. The van der Waals surface area contributed by atoms with Crippen LogP contribution in [0.4, 0.5) is 0 Å². The molecule has 0 saturated heterocycles. The number of benzene rings is 10. The standard InChI is InChI=1S/C52H32O/c1-3-15-33(16-4-1)37-28-29-45(40-22-10-9-21-39(37)40)50-43-25-13-11-23-41(43)49(42-24-12-14-26-44(42)50)36-31-46(34-17-5-2-6-18-34)52-47(32-36)51-38-20-8-7-19-35(38)27-30-48(51)53-52/h1-32H. The Bertz CT molecular complexity index is 3150. The fraction of sp³-hybridized carbons (Fsp3) is 0. The Balaban J connectivity index is 1.26. The van der Waals surface area contributed by atoms with Crippen LogP contribution in [0.25, 0.3) is 110 Å². The van der Waals surface area contributed by atoms with Gasteiger partial charge in [-0.1, -0.05) is 176 Å². The van der Waals surface area contributed by atoms with E-state index in [2.05, 4.69) is 194 Å². The molecule has 0 spiro atoms. The van der Waals surface area contributed by atoms with Gasteiger partial charge in [0.2, 0.25) is 0 Å². The van der Waals surface area contributed by atoms with Gasteiger partial charge < -0.3 is 4.42 Å². The highest BCUT2D eigenvalue weighted by Crippen LogP contribution is 2.49. The minimum absolute atomic E-state index is 0.906. The van der Waals surface area contributed by atoms with Gasteiger partial charge in [0.1, 0.15) is 11.2 Å². The highest BCUT2D eigenvalue weighted by atomic mass is 16.3. The zero-order chi connectivity index (χ0) is 34.9. The van der Waals surface area contributed by atoms with E-state index in [9.17, 15) is 0 Å². The normalized spacial score (nSPS) is 11.8. The first kappa shape index (κ1) is 29.7. The van der Waals surface area contributed by atoms with Crippen molar-refractivity contribution in [2.75, 3.05) is 0 Å². The van der Waals surface area contributed by atoms with E-state index in [0.717, 1.165) is 33.1 Å². The molecule has 10 aromatic carbocycles. The van der Waals surface area contributed by atoms with Crippen molar-refractivity contribution in [2.45, 2.75) is 0 Å². The van der Waals surface area contributed by atoms with Crippen LogP contribution in [0.3, 0.4) is 0 Å². The quantitative estimate of drug-likeness (QED) is 0.170. The third kappa shape index (κ3) is 4.58. The van der Waals surface area contributed by atoms with Crippen LogP contribution >= 0.6 is 0 Å². The Morgan fingerprint density at radius 1 is 0.283 bits per heavy atom. The average Bonchev–Trinajstić information content (AvgIpc) is 3.62. The van der Waals surface area contributed by atoms with Crippen LogP contribution in [0.2, 0.25) is 0 Å². The number of furan rings is 1. The summed E-state index contributed by atoms with van der Waals surface area (Å²) >= 11 is 0. The summed E-state index contributed by atoms with van der Waals surface area (Å²) in [7, 11) is 0. The maximum atomic E-state index is 6.77. The van der Waals surface area contributed by atoms with Crippen LogP contribution in [0.1, 0.15) is 0 Å². The summed E-state index contributed by atoms with van der Waals surface area (Å²) < 4.78 is 6.77. The highest BCUT2D eigenvalue weighted by molar-refractivity contribution is 6.26. The van der Waals surface area contributed by atoms with Crippen LogP contribution in [-0.2, 0) is 0 Å². The van der Waals surface area contributed by atoms with Gasteiger partial charge in [-0.15, -0.1) is 0 Å². The van der Waals surface area contributed by atoms with Crippen molar-refractivity contribution in [1.82, 2.24) is 0 Å². The van der Waals surface area contributed by atoms with Gasteiger partial charge in [0.05, 0.1) is 0 Å². The van der Waals surface area contributed by atoms with Gasteiger partial charge in [-0.3, -0.25) is 0 Å². The lowest BCUT2D eigenvalue weighted by Gasteiger charge is -2.20. The van der Waals surface area contributed by atoms with Crippen molar-refractivity contribution in [2.24, 2.45) is 0 Å². The molecule has 11 aromatic rings. The Labute approximate surface area is 307 Å². The second kappa shape index (κ2) is 11.8. The molecule has 0 amide bonds. The molecule has 1 nitrogen and oxygen atoms in total. The molecule has 1 heteroatoms. The monoisotopic (exact) mass is 672 g/mol. The van der Waals surface area contributed by atoms with Crippen LogP contribution < -0.4 is 0 Å². The molecular formula is C52H32O. The van der Waals surface area contributed by atoms with Gasteiger partial charge in [0.25, 0.3) is 0 Å². The molecule has 0 radical (unpaired) electrons. The number of rotatable bonds is 4. The van der Waals surface area contributed by atoms with Gasteiger partial charge in [-0.25, -0.2) is 0 Å². The molecule has 246 valence electrons. The topological polar surface area (TPSA) is 13.1 Å². The molecule has 0 aliphatic heterocycles. The second-order valence-corrected chi connectivity index (χ2v) is 13.9. The number of hydrogen-bond acceptors (Lipinski definition) is 1. The Morgan fingerprint density at radius 2 is 0.774 bits per heavy atom. The van der Waals surface area contributed by atoms with Crippen molar-refractivity contribution in [3.63, 3.8) is 0 Å². The van der Waals surface area contributed by atoms with Gasteiger partial charge >= 0.3 is 0 Å². The Morgan fingerprint density at radius 3 is 1.42 bits per heavy atom. The molecule has 1 heterocycles. The molecule has 0 aliphatic carbocycles. The SMILES string of the molecule is c1ccc(-c2ccc(-c3c4ccccc4c(-c4cc(-c5ccccc5)c5oc6ccc7ccccc7c6c5c4)c4ccccc34)c3ccccc23)cc1. The van der Waals surface area contributed by atoms with E-state index in [1.54, 1.807) is 0 Å². The summed E-state index contributed by atoms with van der Waals surface area (Å²) in [6, 6.07) is 70.5. The maximum absolute atomic E-state index is 6.77. The van der Waals surface area contributed by atoms with Crippen molar-refractivity contribution < 1.29 is 4.42 Å². The van der Waals surface area contributed by atoms with E-state index in [4.69, 9.17) is 4.42 Å². The maximum Gasteiger partial charge on any atom is 0.143 e. The van der Waals surface area contributed by atoms with E-state index in [1.165, 1.54) is 76.5 Å². The Kier molecular flexibility index (Phi) is 6.62. The molecule has 0 unspecified atom stereocenters. The van der Waals surface area contributed by atoms with Gasteiger partial charge in [-0.05, 0) is 100 Å². The van der Waals surface area contributed by atoms with Gasteiger partial charge in [0, 0.05) is 16.3 Å². The molecule has 1 aromatic heterocycles. The lowest BCUT2D eigenvalue weighted by Crippen LogP contribution is -1.93. The molecule has 0 N–H and O–H groups in total. The molecule has 0 fully saturated rings. The van der Waals surface area contributed by atoms with Crippen molar-refractivity contribution in [1.29, 1.82) is 0 Å². The predicted molar refractivity (Wildman–Crippen MR) is 225 cm³/mol. The number of hydrogen-bond donors (Lipinski definition) is 0. The minimum atomic E-state index is 0.906. The zero-order valence-corrected chi connectivity index (χ0v) is 28.9. The van der Waals surface area contributed by atoms with Crippen molar-refractivity contribution >= 4 is 65.0 Å². The van der Waals surface area contributed by atoms with E-state index < -0.39 is 0 Å². The van der Waals surface area contributed by atoms with E-state index >= 15 is 0 Å². The molecule has 0 saturated carbocycles.